The Balaban J connectivity index is 1.60. The number of fused-ring (bicyclic) bond motifs is 1. The minimum atomic E-state index is -0.00294. The van der Waals surface area contributed by atoms with E-state index in [1.165, 1.54) is 0 Å². The highest BCUT2D eigenvalue weighted by Gasteiger charge is 2.30. The predicted octanol–water partition coefficient (Wildman–Crippen LogP) is 6.90. The van der Waals surface area contributed by atoms with Gasteiger partial charge in [0.15, 0.2) is 0 Å². The number of H-pyrrole nitrogens is 1. The molecule has 0 bridgehead atoms. The predicted molar refractivity (Wildman–Crippen MR) is 141 cm³/mol. The third-order valence-electron chi connectivity index (χ3n) is 6.51. The van der Waals surface area contributed by atoms with Crippen LogP contribution in [0.25, 0.3) is 33.4 Å². The number of imidazole rings is 1. The molecule has 1 amide bonds. The van der Waals surface area contributed by atoms with Gasteiger partial charge in [-0.15, -0.1) is 0 Å². The quantitative estimate of drug-likeness (QED) is 0.285. The zero-order valence-electron chi connectivity index (χ0n) is 18.8. The molecular weight excluding hydrogens is 479 g/mol. The number of hydrogen-bond acceptors (Lipinski definition) is 2. The molecular formula is C28H22Cl2N4O. The smallest absolute Gasteiger partial charge is 0.271 e. The maximum absolute atomic E-state index is 13.6. The summed E-state index contributed by atoms with van der Waals surface area (Å²) in [6.45, 7) is 2.12. The number of aromatic nitrogens is 3. The van der Waals surface area contributed by atoms with Crippen molar-refractivity contribution in [3.8, 4) is 22.5 Å². The van der Waals surface area contributed by atoms with E-state index in [1.807, 2.05) is 84.0 Å². The van der Waals surface area contributed by atoms with Crippen molar-refractivity contribution in [3.05, 3.63) is 100 Å². The molecule has 0 aliphatic carbocycles. The van der Waals surface area contributed by atoms with E-state index in [2.05, 4.69) is 9.55 Å². The van der Waals surface area contributed by atoms with Crippen LogP contribution in [0.1, 0.15) is 22.5 Å². The topological polar surface area (TPSA) is 53.9 Å². The summed E-state index contributed by atoms with van der Waals surface area (Å²) in [5.41, 5.74) is 6.04. The number of amides is 1. The van der Waals surface area contributed by atoms with Gasteiger partial charge in [0.25, 0.3) is 5.91 Å². The molecule has 1 aliphatic heterocycles. The average Bonchev–Trinajstić information content (AvgIpc) is 3.40. The van der Waals surface area contributed by atoms with Gasteiger partial charge in [0.1, 0.15) is 5.69 Å². The Hall–Kier alpha value is -3.54. The Bertz CT molecular complexity index is 1530. The van der Waals surface area contributed by atoms with Crippen LogP contribution in [0.4, 0.5) is 0 Å². The van der Waals surface area contributed by atoms with Gasteiger partial charge in [-0.25, -0.2) is 4.98 Å². The van der Waals surface area contributed by atoms with E-state index in [4.69, 9.17) is 28.2 Å². The van der Waals surface area contributed by atoms with Crippen molar-refractivity contribution in [1.82, 2.24) is 19.4 Å². The molecule has 2 aromatic heterocycles. The molecule has 1 N–H and O–H groups in total. The second-order valence-electron chi connectivity index (χ2n) is 8.77. The molecule has 3 aromatic carbocycles. The van der Waals surface area contributed by atoms with Gasteiger partial charge in [-0.3, -0.25) is 4.79 Å². The fraction of sp³-hybridized carbons (Fsp3) is 0.143. The van der Waals surface area contributed by atoms with Crippen LogP contribution in [0.3, 0.4) is 0 Å². The second-order valence-corrected chi connectivity index (χ2v) is 9.65. The van der Waals surface area contributed by atoms with E-state index < -0.39 is 0 Å². The van der Waals surface area contributed by atoms with Crippen LogP contribution >= 0.6 is 23.2 Å². The van der Waals surface area contributed by atoms with Crippen molar-refractivity contribution in [3.63, 3.8) is 0 Å². The van der Waals surface area contributed by atoms with Gasteiger partial charge in [-0.2, -0.15) is 0 Å². The lowest BCUT2D eigenvalue weighted by Gasteiger charge is -2.30. The molecule has 5 aromatic rings. The van der Waals surface area contributed by atoms with Gasteiger partial charge < -0.3 is 14.5 Å². The summed E-state index contributed by atoms with van der Waals surface area (Å²) < 4.78 is 2.11. The van der Waals surface area contributed by atoms with Gasteiger partial charge in [0.2, 0.25) is 0 Å². The first-order valence-corrected chi connectivity index (χ1v) is 12.3. The highest BCUT2D eigenvalue weighted by molar-refractivity contribution is 6.31. The average molecular weight is 501 g/mol. The Kier molecular flexibility index (Phi) is 5.59. The van der Waals surface area contributed by atoms with Crippen LogP contribution in [-0.4, -0.2) is 38.4 Å². The Morgan fingerprint density at radius 1 is 0.943 bits per heavy atom. The second kappa shape index (κ2) is 8.91. The van der Waals surface area contributed by atoms with Crippen LogP contribution in [0.2, 0.25) is 10.0 Å². The molecule has 6 rings (SSSR count). The Labute approximate surface area is 212 Å². The molecule has 5 nitrogen and oxygen atoms in total. The number of likely N-dealkylation sites (tertiary alicyclic amines) is 1. The lowest BCUT2D eigenvalue weighted by molar-refractivity contribution is 0.0647. The molecule has 0 spiro atoms. The van der Waals surface area contributed by atoms with E-state index in [-0.39, 0.29) is 5.91 Å². The standard InChI is InChI=1S/C28H22Cl2N4O/c29-20-9-7-18(8-10-20)16-34-17-31-25(19-5-2-1-3-6-19)27(34)24-22-12-11-21(30)15-23(22)32-26(24)28(35)33-13-4-14-33/h1-3,5-12,15,17,32H,4,13-14,16H2. The SMILES string of the molecule is O=C(c1[nH]c2cc(Cl)ccc2c1-c1c(-c2ccccc2)ncn1Cc1ccc(Cl)cc1)N1CCC1. The normalized spacial score (nSPS) is 13.3. The Morgan fingerprint density at radius 3 is 2.40 bits per heavy atom. The molecule has 0 unspecified atom stereocenters. The zero-order valence-corrected chi connectivity index (χ0v) is 20.4. The number of carbonyl (C=O) groups excluding carboxylic acids is 1. The number of carbonyl (C=O) groups is 1. The zero-order chi connectivity index (χ0) is 23.9. The molecule has 0 saturated carbocycles. The summed E-state index contributed by atoms with van der Waals surface area (Å²) in [5, 5.41) is 2.25. The van der Waals surface area contributed by atoms with Crippen molar-refractivity contribution in [2.45, 2.75) is 13.0 Å². The largest absolute Gasteiger partial charge is 0.350 e. The van der Waals surface area contributed by atoms with Gasteiger partial charge >= 0.3 is 0 Å². The van der Waals surface area contributed by atoms with Crippen molar-refractivity contribution < 1.29 is 4.79 Å². The summed E-state index contributed by atoms with van der Waals surface area (Å²) in [6, 6.07) is 23.6. The molecule has 174 valence electrons. The summed E-state index contributed by atoms with van der Waals surface area (Å²) in [6.07, 6.45) is 2.87. The first-order chi connectivity index (χ1) is 17.1. The summed E-state index contributed by atoms with van der Waals surface area (Å²) in [4.78, 5) is 23.7. The molecule has 3 heterocycles. The molecule has 1 aliphatic rings. The summed E-state index contributed by atoms with van der Waals surface area (Å²) in [7, 11) is 0. The van der Waals surface area contributed by atoms with Gasteiger partial charge in [-0.1, -0.05) is 71.7 Å². The highest BCUT2D eigenvalue weighted by Crippen LogP contribution is 2.40. The van der Waals surface area contributed by atoms with E-state index in [1.54, 1.807) is 0 Å². The molecule has 1 fully saturated rings. The van der Waals surface area contributed by atoms with E-state index in [0.29, 0.717) is 22.3 Å². The Morgan fingerprint density at radius 2 is 1.69 bits per heavy atom. The number of rotatable bonds is 5. The van der Waals surface area contributed by atoms with E-state index >= 15 is 0 Å². The number of nitrogens with one attached hydrogen (secondary N) is 1. The van der Waals surface area contributed by atoms with Crippen LogP contribution in [0.5, 0.6) is 0 Å². The van der Waals surface area contributed by atoms with E-state index in [9.17, 15) is 4.79 Å². The third kappa shape index (κ3) is 4.01. The molecule has 35 heavy (non-hydrogen) atoms. The van der Waals surface area contributed by atoms with Crippen molar-refractivity contribution in [2.75, 3.05) is 13.1 Å². The van der Waals surface area contributed by atoms with Gasteiger partial charge in [0, 0.05) is 51.7 Å². The molecule has 0 atom stereocenters. The summed E-state index contributed by atoms with van der Waals surface area (Å²) in [5.74, 6) is -0.00294. The first kappa shape index (κ1) is 22.0. The van der Waals surface area contributed by atoms with Gasteiger partial charge in [0.05, 0.1) is 17.7 Å². The number of aromatic amines is 1. The fourth-order valence-electron chi connectivity index (χ4n) is 4.61. The number of hydrogen-bond donors (Lipinski definition) is 1. The lowest BCUT2D eigenvalue weighted by Crippen LogP contribution is -2.42. The number of nitrogens with zero attached hydrogens (tertiary/aromatic N) is 3. The minimum Gasteiger partial charge on any atom is -0.350 e. The van der Waals surface area contributed by atoms with Crippen LogP contribution in [0.15, 0.2) is 79.1 Å². The monoisotopic (exact) mass is 500 g/mol. The first-order valence-electron chi connectivity index (χ1n) is 11.5. The van der Waals surface area contributed by atoms with Crippen molar-refractivity contribution in [2.24, 2.45) is 0 Å². The lowest BCUT2D eigenvalue weighted by atomic mass is 10.00. The highest BCUT2D eigenvalue weighted by atomic mass is 35.5. The third-order valence-corrected chi connectivity index (χ3v) is 6.99. The maximum Gasteiger partial charge on any atom is 0.271 e. The van der Waals surface area contributed by atoms with Crippen LogP contribution in [0, 0.1) is 0 Å². The number of benzene rings is 3. The maximum atomic E-state index is 13.6. The van der Waals surface area contributed by atoms with Crippen molar-refractivity contribution in [1.29, 1.82) is 0 Å². The number of halogens is 2. The fourth-order valence-corrected chi connectivity index (χ4v) is 4.91. The summed E-state index contributed by atoms with van der Waals surface area (Å²) >= 11 is 12.4. The van der Waals surface area contributed by atoms with Crippen molar-refractivity contribution >= 4 is 40.0 Å². The molecule has 1 saturated heterocycles. The molecule has 7 heteroatoms. The van der Waals surface area contributed by atoms with Gasteiger partial charge in [-0.05, 0) is 36.2 Å². The van der Waals surface area contributed by atoms with E-state index in [0.717, 1.165) is 58.5 Å². The molecule has 0 radical (unpaired) electrons. The van der Waals surface area contributed by atoms with Crippen LogP contribution < -0.4 is 0 Å². The minimum absolute atomic E-state index is 0.00294. The van der Waals surface area contributed by atoms with Crippen LogP contribution in [-0.2, 0) is 6.54 Å².